The minimum atomic E-state index is -3.72. The average molecular weight is 313 g/mol. The molecule has 7 heteroatoms. The van der Waals surface area contributed by atoms with E-state index in [1.807, 2.05) is 0 Å². The minimum Gasteiger partial charge on any atom is -0.481 e. The van der Waals surface area contributed by atoms with Crippen LogP contribution in [0, 0.1) is 0 Å². The van der Waals surface area contributed by atoms with E-state index in [0.717, 1.165) is 12.8 Å². The molecule has 1 aliphatic rings. The van der Waals surface area contributed by atoms with Gasteiger partial charge < -0.3 is 10.2 Å². The van der Waals surface area contributed by atoms with Crippen LogP contribution < -0.4 is 4.72 Å². The number of aliphatic hydroxyl groups excluding tert-OH is 1. The summed E-state index contributed by atoms with van der Waals surface area (Å²) in [5.74, 6) is -0.964. The normalized spacial score (nSPS) is 17.8. The first-order chi connectivity index (χ1) is 9.87. The Hall–Kier alpha value is -1.44. The van der Waals surface area contributed by atoms with E-state index in [1.54, 1.807) is 0 Å². The Balaban J connectivity index is 2.17. The van der Waals surface area contributed by atoms with Crippen molar-refractivity contribution in [1.29, 1.82) is 0 Å². The highest BCUT2D eigenvalue weighted by atomic mass is 32.2. The number of rotatable bonds is 6. The summed E-state index contributed by atoms with van der Waals surface area (Å²) >= 11 is 0. The van der Waals surface area contributed by atoms with Gasteiger partial charge in [0.2, 0.25) is 10.0 Å². The molecule has 1 fully saturated rings. The first-order valence-electron chi connectivity index (χ1n) is 6.82. The van der Waals surface area contributed by atoms with Crippen LogP contribution in [0.4, 0.5) is 0 Å². The van der Waals surface area contributed by atoms with Crippen LogP contribution in [-0.4, -0.2) is 36.7 Å². The predicted octanol–water partition coefficient (Wildman–Crippen LogP) is 0.897. The Morgan fingerprint density at radius 1 is 1.19 bits per heavy atom. The Morgan fingerprint density at radius 3 is 2.24 bits per heavy atom. The maximum atomic E-state index is 12.3. The molecule has 116 valence electrons. The molecule has 0 saturated heterocycles. The van der Waals surface area contributed by atoms with Crippen molar-refractivity contribution >= 4 is 16.0 Å². The highest BCUT2D eigenvalue weighted by molar-refractivity contribution is 7.89. The number of sulfonamides is 1. The van der Waals surface area contributed by atoms with Crippen LogP contribution in [0.25, 0.3) is 0 Å². The van der Waals surface area contributed by atoms with Crippen LogP contribution >= 0.6 is 0 Å². The molecule has 0 spiro atoms. The number of benzene rings is 1. The number of hydrogen-bond donors (Lipinski definition) is 3. The van der Waals surface area contributed by atoms with Gasteiger partial charge in [-0.25, -0.2) is 13.1 Å². The van der Waals surface area contributed by atoms with E-state index in [1.165, 1.54) is 24.3 Å². The molecule has 0 atom stereocenters. The van der Waals surface area contributed by atoms with E-state index in [4.69, 9.17) is 5.11 Å². The van der Waals surface area contributed by atoms with Crippen LogP contribution in [-0.2, 0) is 21.2 Å². The number of carboxylic acids is 1. The van der Waals surface area contributed by atoms with Gasteiger partial charge in [0.1, 0.15) is 0 Å². The quantitative estimate of drug-likeness (QED) is 0.724. The zero-order valence-corrected chi connectivity index (χ0v) is 12.4. The van der Waals surface area contributed by atoms with Crippen LogP contribution in [0.3, 0.4) is 0 Å². The number of nitrogens with one attached hydrogen (secondary N) is 1. The molecule has 6 nitrogen and oxygen atoms in total. The van der Waals surface area contributed by atoms with Crippen molar-refractivity contribution < 1.29 is 23.4 Å². The maximum Gasteiger partial charge on any atom is 0.307 e. The smallest absolute Gasteiger partial charge is 0.307 e. The third-order valence-corrected chi connectivity index (χ3v) is 5.40. The molecule has 0 aliphatic heterocycles. The van der Waals surface area contributed by atoms with Crippen molar-refractivity contribution in [2.75, 3.05) is 6.61 Å². The second-order valence-corrected chi connectivity index (χ2v) is 7.15. The van der Waals surface area contributed by atoms with Gasteiger partial charge in [-0.3, -0.25) is 4.79 Å². The monoisotopic (exact) mass is 313 g/mol. The molecular formula is C14H19NO5S. The third-order valence-electron chi connectivity index (χ3n) is 3.80. The molecule has 1 saturated carbocycles. The van der Waals surface area contributed by atoms with Gasteiger partial charge in [0, 0.05) is 0 Å². The van der Waals surface area contributed by atoms with Crippen LogP contribution in [0.15, 0.2) is 29.2 Å². The van der Waals surface area contributed by atoms with Crippen molar-refractivity contribution in [1.82, 2.24) is 4.72 Å². The molecule has 3 N–H and O–H groups in total. The van der Waals surface area contributed by atoms with Crippen LogP contribution in [0.2, 0.25) is 0 Å². The summed E-state index contributed by atoms with van der Waals surface area (Å²) < 4.78 is 27.3. The molecule has 1 aromatic rings. The van der Waals surface area contributed by atoms with Gasteiger partial charge in [0.05, 0.1) is 23.5 Å². The summed E-state index contributed by atoms with van der Waals surface area (Å²) in [5.41, 5.74) is -0.224. The fourth-order valence-electron chi connectivity index (χ4n) is 2.65. The molecular weight excluding hydrogens is 294 g/mol. The summed E-state index contributed by atoms with van der Waals surface area (Å²) in [6, 6.07) is 5.76. The summed E-state index contributed by atoms with van der Waals surface area (Å²) in [7, 11) is -3.72. The number of carboxylic acid groups (broad SMARTS) is 1. The highest BCUT2D eigenvalue weighted by Crippen LogP contribution is 2.30. The SMILES string of the molecule is O=C(O)Cc1ccc(S(=O)(=O)NC2(CO)CCCC2)cc1. The van der Waals surface area contributed by atoms with Crippen molar-refractivity contribution in [3.8, 4) is 0 Å². The van der Waals surface area contributed by atoms with Crippen molar-refractivity contribution in [2.24, 2.45) is 0 Å². The fourth-order valence-corrected chi connectivity index (χ4v) is 4.10. The lowest BCUT2D eigenvalue weighted by Gasteiger charge is -2.27. The van der Waals surface area contributed by atoms with Gasteiger partial charge in [0.15, 0.2) is 0 Å². The van der Waals surface area contributed by atoms with Crippen molar-refractivity contribution in [3.63, 3.8) is 0 Å². The molecule has 1 aliphatic carbocycles. The molecule has 1 aromatic carbocycles. The lowest BCUT2D eigenvalue weighted by molar-refractivity contribution is -0.136. The molecule has 0 heterocycles. The van der Waals surface area contributed by atoms with E-state index in [2.05, 4.69) is 4.72 Å². The Morgan fingerprint density at radius 2 is 1.76 bits per heavy atom. The molecule has 0 bridgehead atoms. The standard InChI is InChI=1S/C14H19NO5S/c16-10-14(7-1-2-8-14)15-21(19,20)12-5-3-11(4-6-12)9-13(17)18/h3-6,15-16H,1-2,7-10H2,(H,17,18). The van der Waals surface area contributed by atoms with E-state index in [9.17, 15) is 18.3 Å². The van der Waals surface area contributed by atoms with Gasteiger partial charge in [0.25, 0.3) is 0 Å². The molecule has 0 unspecified atom stereocenters. The first-order valence-corrected chi connectivity index (χ1v) is 8.31. The predicted molar refractivity (Wildman–Crippen MR) is 76.4 cm³/mol. The number of hydrogen-bond acceptors (Lipinski definition) is 4. The van der Waals surface area contributed by atoms with Crippen LogP contribution in [0.5, 0.6) is 0 Å². The van der Waals surface area contributed by atoms with Gasteiger partial charge in [-0.2, -0.15) is 0 Å². The van der Waals surface area contributed by atoms with Crippen molar-refractivity contribution in [2.45, 2.75) is 42.5 Å². The van der Waals surface area contributed by atoms with Crippen molar-refractivity contribution in [3.05, 3.63) is 29.8 Å². The summed E-state index contributed by atoms with van der Waals surface area (Å²) in [6.45, 7) is -0.219. The van der Waals surface area contributed by atoms with E-state index in [-0.39, 0.29) is 17.9 Å². The Bertz CT molecular complexity index is 603. The van der Waals surface area contributed by atoms with Crippen LogP contribution in [0.1, 0.15) is 31.2 Å². The number of carbonyl (C=O) groups is 1. The summed E-state index contributed by atoms with van der Waals surface area (Å²) in [4.78, 5) is 10.7. The van der Waals surface area contributed by atoms with E-state index >= 15 is 0 Å². The molecule has 21 heavy (non-hydrogen) atoms. The molecule has 0 amide bonds. The van der Waals surface area contributed by atoms with Gasteiger partial charge in [-0.15, -0.1) is 0 Å². The number of aliphatic carboxylic acids is 1. The average Bonchev–Trinajstić information content (AvgIpc) is 2.87. The second kappa shape index (κ2) is 6.13. The van der Waals surface area contributed by atoms with E-state index in [0.29, 0.717) is 18.4 Å². The maximum absolute atomic E-state index is 12.3. The summed E-state index contributed by atoms with van der Waals surface area (Å²) in [5, 5.41) is 18.2. The third kappa shape index (κ3) is 3.81. The lowest BCUT2D eigenvalue weighted by atomic mass is 10.0. The van der Waals surface area contributed by atoms with Gasteiger partial charge >= 0.3 is 5.97 Å². The van der Waals surface area contributed by atoms with E-state index < -0.39 is 21.5 Å². The summed E-state index contributed by atoms with van der Waals surface area (Å²) in [6.07, 6.45) is 2.88. The fraction of sp³-hybridized carbons (Fsp3) is 0.500. The number of aliphatic hydroxyl groups is 1. The lowest BCUT2D eigenvalue weighted by Crippen LogP contribution is -2.49. The zero-order chi connectivity index (χ0) is 15.5. The molecule has 0 radical (unpaired) electrons. The first kappa shape index (κ1) is 15.9. The highest BCUT2D eigenvalue weighted by Gasteiger charge is 2.37. The van der Waals surface area contributed by atoms with Gasteiger partial charge in [-0.1, -0.05) is 25.0 Å². The minimum absolute atomic E-state index is 0.0800. The molecule has 0 aromatic heterocycles. The Kier molecular flexibility index (Phi) is 4.65. The molecule has 2 rings (SSSR count). The second-order valence-electron chi connectivity index (χ2n) is 5.47. The largest absolute Gasteiger partial charge is 0.481 e. The zero-order valence-electron chi connectivity index (χ0n) is 11.6. The Labute approximate surface area is 123 Å². The van der Waals surface area contributed by atoms with Gasteiger partial charge in [-0.05, 0) is 30.5 Å². The topological polar surface area (TPSA) is 104 Å².